The Morgan fingerprint density at radius 3 is 2.72 bits per heavy atom. The zero-order chi connectivity index (χ0) is 18.1. The Morgan fingerprint density at radius 1 is 1.32 bits per heavy atom. The first-order chi connectivity index (χ1) is 12.1. The minimum atomic E-state index is -1.20. The number of nitrogens with one attached hydrogen (secondary N) is 2. The van der Waals surface area contributed by atoms with Crippen LogP contribution in [0.15, 0.2) is 24.3 Å². The second-order valence-corrected chi connectivity index (χ2v) is 6.48. The monoisotopic (exact) mass is 350 g/mol. The first-order valence-electron chi connectivity index (χ1n) is 8.87. The van der Waals surface area contributed by atoms with E-state index in [1.54, 1.807) is 11.4 Å². The number of para-hydroxylation sites is 1. The summed E-state index contributed by atoms with van der Waals surface area (Å²) in [5.41, 5.74) is 1.65. The van der Waals surface area contributed by atoms with Crippen LogP contribution in [0.25, 0.3) is 0 Å². The van der Waals surface area contributed by atoms with E-state index < -0.39 is 12.0 Å². The maximum Gasteiger partial charge on any atom is 0.230 e. The number of rotatable bonds is 9. The number of aryl methyl sites for hydroxylation is 1. The molecule has 1 heterocycles. The van der Waals surface area contributed by atoms with Crippen LogP contribution in [-0.2, 0) is 14.3 Å². The van der Waals surface area contributed by atoms with Gasteiger partial charge in [-0.2, -0.15) is 0 Å². The maximum absolute atomic E-state index is 12.1. The molecule has 0 aliphatic carbocycles. The lowest BCUT2D eigenvalue weighted by molar-refractivity contribution is -0.909. The third-order valence-electron chi connectivity index (χ3n) is 4.51. The van der Waals surface area contributed by atoms with E-state index >= 15 is 0 Å². The van der Waals surface area contributed by atoms with Crippen LogP contribution in [0.3, 0.4) is 0 Å². The molecule has 1 saturated heterocycles. The zero-order valence-corrected chi connectivity index (χ0v) is 14.8. The van der Waals surface area contributed by atoms with Crippen molar-refractivity contribution in [2.45, 2.75) is 25.8 Å². The van der Waals surface area contributed by atoms with Crippen LogP contribution in [0.5, 0.6) is 0 Å². The van der Waals surface area contributed by atoms with Crippen molar-refractivity contribution in [2.24, 2.45) is 0 Å². The van der Waals surface area contributed by atoms with Crippen molar-refractivity contribution in [3.05, 3.63) is 29.8 Å². The fourth-order valence-corrected chi connectivity index (χ4v) is 2.96. The second-order valence-electron chi connectivity index (χ2n) is 6.48. The van der Waals surface area contributed by atoms with E-state index in [4.69, 9.17) is 4.74 Å². The molecule has 7 heteroatoms. The highest BCUT2D eigenvalue weighted by atomic mass is 16.5. The highest BCUT2D eigenvalue weighted by Crippen LogP contribution is 2.13. The van der Waals surface area contributed by atoms with E-state index in [9.17, 15) is 14.7 Å². The molecular formula is C18H28N3O4+. The average molecular weight is 350 g/mol. The third-order valence-corrected chi connectivity index (χ3v) is 4.51. The van der Waals surface area contributed by atoms with Gasteiger partial charge in [-0.3, -0.25) is 4.79 Å². The van der Waals surface area contributed by atoms with Crippen LogP contribution in [0.4, 0.5) is 5.69 Å². The van der Waals surface area contributed by atoms with Crippen molar-refractivity contribution in [1.29, 1.82) is 0 Å². The second kappa shape index (κ2) is 10.1. The molecule has 1 fully saturated rings. The average Bonchev–Trinajstić information content (AvgIpc) is 2.60. The summed E-state index contributed by atoms with van der Waals surface area (Å²) in [5.74, 6) is -1.50. The number of hydrogen-bond donors (Lipinski definition) is 3. The summed E-state index contributed by atoms with van der Waals surface area (Å²) in [7, 11) is 0. The van der Waals surface area contributed by atoms with Crippen LogP contribution < -0.4 is 20.6 Å². The normalized spacial score (nSPS) is 16.4. The Kier molecular flexibility index (Phi) is 7.84. The molecule has 1 aromatic rings. The van der Waals surface area contributed by atoms with Crippen molar-refractivity contribution < 1.29 is 29.6 Å². The van der Waals surface area contributed by atoms with Crippen molar-refractivity contribution >= 4 is 17.6 Å². The third kappa shape index (κ3) is 6.81. The molecule has 1 aromatic carbocycles. The molecule has 1 aliphatic rings. The van der Waals surface area contributed by atoms with Crippen molar-refractivity contribution in [3.63, 3.8) is 0 Å². The molecule has 4 N–H and O–H groups in total. The van der Waals surface area contributed by atoms with Crippen LogP contribution in [0.1, 0.15) is 18.4 Å². The quantitative estimate of drug-likeness (QED) is 0.422. The van der Waals surface area contributed by atoms with E-state index in [2.05, 4.69) is 5.32 Å². The Balaban J connectivity index is 1.73. The molecule has 0 spiro atoms. The van der Waals surface area contributed by atoms with Gasteiger partial charge in [-0.05, 0) is 18.6 Å². The minimum Gasteiger partial charge on any atom is -0.544 e. The summed E-state index contributed by atoms with van der Waals surface area (Å²) in [5, 5.41) is 15.8. The molecule has 0 aromatic heterocycles. The van der Waals surface area contributed by atoms with Crippen LogP contribution in [-0.4, -0.2) is 57.3 Å². The molecule has 1 aliphatic heterocycles. The largest absolute Gasteiger partial charge is 0.544 e. The number of morpholine rings is 1. The molecular weight excluding hydrogens is 322 g/mol. The summed E-state index contributed by atoms with van der Waals surface area (Å²) in [6.07, 6.45) is 0.805. The number of hydrogen-bond acceptors (Lipinski definition) is 4. The van der Waals surface area contributed by atoms with Crippen LogP contribution >= 0.6 is 0 Å². The first kappa shape index (κ1) is 19.4. The van der Waals surface area contributed by atoms with Crippen molar-refractivity contribution in [2.75, 3.05) is 44.7 Å². The number of aliphatic carboxylic acids is 1. The SMILES string of the molecule is Cc1ccccc1NC(=O)C[C@H]([NH2+]CCC[NH+]1CCOCC1)C(=O)[O-]. The maximum atomic E-state index is 12.1. The topological polar surface area (TPSA) is 99.5 Å². The Bertz CT molecular complexity index is 573. The number of carboxylic acids is 1. The summed E-state index contributed by atoms with van der Waals surface area (Å²) < 4.78 is 5.32. The van der Waals surface area contributed by atoms with Gasteiger partial charge in [0.15, 0.2) is 0 Å². The van der Waals surface area contributed by atoms with Crippen molar-refractivity contribution in [3.8, 4) is 0 Å². The predicted octanol–water partition coefficient (Wildman–Crippen LogP) is -2.69. The Morgan fingerprint density at radius 2 is 2.04 bits per heavy atom. The summed E-state index contributed by atoms with van der Waals surface area (Å²) in [4.78, 5) is 24.9. The lowest BCUT2D eigenvalue weighted by Crippen LogP contribution is -3.14. The van der Waals surface area contributed by atoms with E-state index in [0.29, 0.717) is 12.2 Å². The number of nitrogens with two attached hydrogens (primary N) is 1. The van der Waals surface area contributed by atoms with Gasteiger partial charge in [0.1, 0.15) is 19.1 Å². The molecule has 1 atom stereocenters. The molecule has 0 radical (unpaired) electrons. The molecule has 0 bridgehead atoms. The highest BCUT2D eigenvalue weighted by molar-refractivity contribution is 5.93. The number of carbonyl (C=O) groups excluding carboxylic acids is 2. The van der Waals surface area contributed by atoms with E-state index in [1.165, 1.54) is 4.90 Å². The van der Waals surface area contributed by atoms with Gasteiger partial charge < -0.3 is 30.2 Å². The van der Waals surface area contributed by atoms with Crippen molar-refractivity contribution in [1.82, 2.24) is 0 Å². The summed E-state index contributed by atoms with van der Waals surface area (Å²) in [6, 6.07) is 6.56. The number of ether oxygens (including phenoxy) is 1. The molecule has 0 saturated carbocycles. The van der Waals surface area contributed by atoms with Gasteiger partial charge in [0.2, 0.25) is 5.91 Å². The highest BCUT2D eigenvalue weighted by Gasteiger charge is 2.19. The Labute approximate surface area is 148 Å². The lowest BCUT2D eigenvalue weighted by Gasteiger charge is -2.23. The lowest BCUT2D eigenvalue weighted by atomic mass is 10.1. The van der Waals surface area contributed by atoms with Crippen LogP contribution in [0, 0.1) is 6.92 Å². The smallest absolute Gasteiger partial charge is 0.230 e. The molecule has 0 unspecified atom stereocenters. The predicted molar refractivity (Wildman–Crippen MR) is 91.0 cm³/mol. The fourth-order valence-electron chi connectivity index (χ4n) is 2.96. The summed E-state index contributed by atoms with van der Waals surface area (Å²) in [6.45, 7) is 7.15. The number of anilines is 1. The fraction of sp³-hybridized carbons (Fsp3) is 0.556. The molecule has 7 nitrogen and oxygen atoms in total. The zero-order valence-electron chi connectivity index (χ0n) is 14.8. The number of carboxylic acid groups (broad SMARTS) is 1. The molecule has 2 rings (SSSR count). The van der Waals surface area contributed by atoms with Gasteiger partial charge in [0.05, 0.1) is 38.7 Å². The molecule has 25 heavy (non-hydrogen) atoms. The van der Waals surface area contributed by atoms with Gasteiger partial charge in [0, 0.05) is 12.1 Å². The van der Waals surface area contributed by atoms with E-state index in [1.807, 2.05) is 25.1 Å². The Hall–Kier alpha value is -1.96. The van der Waals surface area contributed by atoms with E-state index in [0.717, 1.165) is 44.8 Å². The van der Waals surface area contributed by atoms with Gasteiger partial charge in [-0.15, -0.1) is 0 Å². The van der Waals surface area contributed by atoms with Gasteiger partial charge >= 0.3 is 0 Å². The number of carbonyl (C=O) groups is 2. The van der Waals surface area contributed by atoms with Gasteiger partial charge in [0.25, 0.3) is 0 Å². The van der Waals surface area contributed by atoms with E-state index in [-0.39, 0.29) is 12.3 Å². The number of amides is 1. The van der Waals surface area contributed by atoms with Gasteiger partial charge in [-0.1, -0.05) is 18.2 Å². The first-order valence-corrected chi connectivity index (χ1v) is 8.87. The van der Waals surface area contributed by atoms with Crippen LogP contribution in [0.2, 0.25) is 0 Å². The number of quaternary nitrogens is 2. The standard InChI is InChI=1S/C18H27N3O4/c1-14-5-2-3-6-15(14)20-17(22)13-16(18(23)24)19-7-4-8-21-9-11-25-12-10-21/h2-3,5-6,16,19H,4,7-13H2,1H3,(H,20,22)(H,23,24)/p+1/t16-/m0/s1. The summed E-state index contributed by atoms with van der Waals surface area (Å²) >= 11 is 0. The minimum absolute atomic E-state index is 0.0962. The van der Waals surface area contributed by atoms with Gasteiger partial charge in [-0.25, -0.2) is 0 Å². The molecule has 1 amide bonds. The molecule has 138 valence electrons. The number of benzene rings is 1.